The first kappa shape index (κ1) is 18.6. The Kier molecular flexibility index (Phi) is 4.25. The first-order valence-corrected chi connectivity index (χ1v) is 9.91. The highest BCUT2D eigenvalue weighted by Crippen LogP contribution is 2.52. The number of carbonyl (C=O) groups excluding carboxylic acids is 1. The van der Waals surface area contributed by atoms with Gasteiger partial charge < -0.3 is 15.1 Å². The van der Waals surface area contributed by atoms with Crippen LogP contribution in [0.1, 0.15) is 37.0 Å². The molecule has 2 aliphatic heterocycles. The molecular formula is C24H29N3O. The highest BCUT2D eigenvalue weighted by Gasteiger charge is 2.57. The largest absolute Gasteiger partial charge is 0.378 e. The minimum Gasteiger partial charge on any atom is -0.378 e. The molecule has 146 valence electrons. The summed E-state index contributed by atoms with van der Waals surface area (Å²) in [5.74, 6) is 0.112. The van der Waals surface area contributed by atoms with Gasteiger partial charge in [-0.25, -0.2) is 0 Å². The Morgan fingerprint density at radius 1 is 1.11 bits per heavy atom. The number of aryl methyl sites for hydroxylation is 1. The molecule has 0 radical (unpaired) electrons. The molecule has 4 heteroatoms. The normalized spacial score (nSPS) is 22.8. The van der Waals surface area contributed by atoms with Gasteiger partial charge in [0.05, 0.1) is 0 Å². The molecule has 0 bridgehead atoms. The van der Waals surface area contributed by atoms with Gasteiger partial charge in [-0.1, -0.05) is 49.8 Å². The zero-order valence-electron chi connectivity index (χ0n) is 17.4. The Balaban J connectivity index is 1.78. The summed E-state index contributed by atoms with van der Waals surface area (Å²) in [5, 5.41) is 3.34. The molecular weight excluding hydrogens is 346 g/mol. The molecule has 0 aromatic heterocycles. The van der Waals surface area contributed by atoms with Crippen molar-refractivity contribution in [1.29, 1.82) is 0 Å². The second-order valence-electron chi connectivity index (χ2n) is 8.68. The van der Waals surface area contributed by atoms with Gasteiger partial charge in [-0.15, -0.1) is 0 Å². The van der Waals surface area contributed by atoms with E-state index in [9.17, 15) is 4.79 Å². The molecule has 2 aromatic rings. The van der Waals surface area contributed by atoms with Crippen LogP contribution in [0.25, 0.3) is 6.08 Å². The van der Waals surface area contributed by atoms with Crippen molar-refractivity contribution in [2.75, 3.05) is 30.4 Å². The van der Waals surface area contributed by atoms with E-state index in [1.807, 2.05) is 14.1 Å². The molecule has 1 atom stereocenters. The van der Waals surface area contributed by atoms with E-state index in [0.717, 1.165) is 12.1 Å². The van der Waals surface area contributed by atoms with Crippen LogP contribution in [0, 0.1) is 6.92 Å². The lowest BCUT2D eigenvalue weighted by molar-refractivity contribution is -0.124. The van der Waals surface area contributed by atoms with Crippen LogP contribution in [0.2, 0.25) is 0 Å². The lowest BCUT2D eigenvalue weighted by atomic mass is 9.74. The van der Waals surface area contributed by atoms with Gasteiger partial charge in [-0.3, -0.25) is 4.79 Å². The minimum atomic E-state index is -0.557. The molecule has 4 rings (SSSR count). The van der Waals surface area contributed by atoms with Gasteiger partial charge in [0.15, 0.2) is 0 Å². The van der Waals surface area contributed by atoms with E-state index in [4.69, 9.17) is 0 Å². The van der Waals surface area contributed by atoms with Crippen molar-refractivity contribution in [3.8, 4) is 0 Å². The summed E-state index contributed by atoms with van der Waals surface area (Å²) in [6.45, 7) is 7.32. The molecule has 1 saturated heterocycles. The van der Waals surface area contributed by atoms with Gasteiger partial charge in [0.25, 0.3) is 0 Å². The second kappa shape index (κ2) is 6.40. The van der Waals surface area contributed by atoms with Gasteiger partial charge in [-0.2, -0.15) is 0 Å². The van der Waals surface area contributed by atoms with Crippen LogP contribution in [0.5, 0.6) is 0 Å². The molecule has 0 aliphatic carbocycles. The van der Waals surface area contributed by atoms with Crippen LogP contribution < -0.4 is 15.1 Å². The third-order valence-electron chi connectivity index (χ3n) is 6.31. The van der Waals surface area contributed by atoms with E-state index in [0.29, 0.717) is 6.42 Å². The summed E-state index contributed by atoms with van der Waals surface area (Å²) in [7, 11) is 4.08. The molecule has 1 amide bonds. The predicted molar refractivity (Wildman–Crippen MR) is 117 cm³/mol. The Morgan fingerprint density at radius 2 is 1.82 bits per heavy atom. The number of amides is 1. The highest BCUT2D eigenvalue weighted by atomic mass is 16.2. The molecule has 0 saturated carbocycles. The number of hydrogen-bond acceptors (Lipinski definition) is 3. The number of nitrogens with zero attached hydrogens (tertiary/aromatic N) is 2. The van der Waals surface area contributed by atoms with Crippen LogP contribution in [-0.2, 0) is 10.2 Å². The van der Waals surface area contributed by atoms with Crippen molar-refractivity contribution in [2.24, 2.45) is 0 Å². The fourth-order valence-electron chi connectivity index (χ4n) is 4.57. The van der Waals surface area contributed by atoms with Gasteiger partial charge in [0, 0.05) is 43.9 Å². The molecule has 4 nitrogen and oxygen atoms in total. The van der Waals surface area contributed by atoms with Crippen molar-refractivity contribution in [3.63, 3.8) is 0 Å². The molecule has 1 N–H and O–H groups in total. The summed E-state index contributed by atoms with van der Waals surface area (Å²) < 4.78 is 0. The number of benzene rings is 2. The zero-order chi connectivity index (χ0) is 20.1. The maximum atomic E-state index is 12.5. The van der Waals surface area contributed by atoms with E-state index in [1.165, 1.54) is 22.5 Å². The molecule has 1 unspecified atom stereocenters. The Labute approximate surface area is 167 Å². The lowest BCUT2D eigenvalue weighted by Crippen LogP contribution is -2.68. The van der Waals surface area contributed by atoms with Crippen molar-refractivity contribution in [1.82, 2.24) is 5.32 Å². The summed E-state index contributed by atoms with van der Waals surface area (Å²) in [6, 6.07) is 15.1. The SMILES string of the molecule is Cc1ccc2c(c1)C(C)(C)C1(/C=C/c3ccc(N(C)C)cc3)NC(=O)CCN21. The number of carbonyl (C=O) groups is 1. The van der Waals surface area contributed by atoms with E-state index in [2.05, 4.69) is 90.5 Å². The molecule has 0 spiro atoms. The van der Waals surface area contributed by atoms with Crippen molar-refractivity contribution >= 4 is 23.4 Å². The van der Waals surface area contributed by atoms with Crippen molar-refractivity contribution in [3.05, 3.63) is 65.2 Å². The molecule has 2 aromatic carbocycles. The standard InChI is InChI=1S/C24H29N3O/c1-17-6-11-21-20(16-17)23(2,3)24(25-22(28)13-15-27(21)24)14-12-18-7-9-19(10-8-18)26(4)5/h6-12,14,16H,13,15H2,1-5H3,(H,25,28)/b14-12+. The maximum absolute atomic E-state index is 12.5. The lowest BCUT2D eigenvalue weighted by Gasteiger charge is -2.49. The Bertz CT molecular complexity index is 943. The maximum Gasteiger partial charge on any atom is 0.223 e. The topological polar surface area (TPSA) is 35.6 Å². The van der Waals surface area contributed by atoms with Crippen LogP contribution in [-0.4, -0.2) is 32.2 Å². The molecule has 28 heavy (non-hydrogen) atoms. The smallest absolute Gasteiger partial charge is 0.223 e. The fourth-order valence-corrected chi connectivity index (χ4v) is 4.57. The highest BCUT2D eigenvalue weighted by molar-refractivity contribution is 5.84. The Hall–Kier alpha value is -2.75. The molecule has 1 fully saturated rings. The van der Waals surface area contributed by atoms with Gasteiger partial charge in [0.2, 0.25) is 5.91 Å². The number of nitrogens with one attached hydrogen (secondary N) is 1. The van der Waals surface area contributed by atoms with Crippen LogP contribution in [0.15, 0.2) is 48.5 Å². The van der Waals surface area contributed by atoms with Gasteiger partial charge in [0.1, 0.15) is 5.66 Å². The second-order valence-corrected chi connectivity index (χ2v) is 8.68. The predicted octanol–water partition coefficient (Wildman–Crippen LogP) is 4.09. The van der Waals surface area contributed by atoms with Crippen molar-refractivity contribution in [2.45, 2.75) is 38.3 Å². The molecule has 2 aliphatic rings. The van der Waals surface area contributed by atoms with Crippen LogP contribution >= 0.6 is 0 Å². The van der Waals surface area contributed by atoms with E-state index < -0.39 is 5.66 Å². The summed E-state index contributed by atoms with van der Waals surface area (Å²) in [4.78, 5) is 16.9. The van der Waals surface area contributed by atoms with Crippen LogP contribution in [0.4, 0.5) is 11.4 Å². The van der Waals surface area contributed by atoms with E-state index in [-0.39, 0.29) is 11.3 Å². The number of rotatable bonds is 3. The third-order valence-corrected chi connectivity index (χ3v) is 6.31. The van der Waals surface area contributed by atoms with E-state index in [1.54, 1.807) is 0 Å². The minimum absolute atomic E-state index is 0.112. The van der Waals surface area contributed by atoms with Gasteiger partial charge >= 0.3 is 0 Å². The fraction of sp³-hybridized carbons (Fsp3) is 0.375. The molecule has 2 heterocycles. The average Bonchev–Trinajstić information content (AvgIpc) is 2.84. The quantitative estimate of drug-likeness (QED) is 0.878. The Morgan fingerprint density at radius 3 is 2.50 bits per heavy atom. The summed E-state index contributed by atoms with van der Waals surface area (Å²) in [6.07, 6.45) is 4.85. The van der Waals surface area contributed by atoms with E-state index >= 15 is 0 Å². The monoisotopic (exact) mass is 375 g/mol. The van der Waals surface area contributed by atoms with Crippen LogP contribution in [0.3, 0.4) is 0 Å². The first-order chi connectivity index (χ1) is 13.2. The number of hydrogen-bond donors (Lipinski definition) is 1. The zero-order valence-corrected chi connectivity index (χ0v) is 17.4. The summed E-state index contributed by atoms with van der Waals surface area (Å²) >= 11 is 0. The number of anilines is 2. The third kappa shape index (κ3) is 2.70. The van der Waals surface area contributed by atoms with Crippen molar-refractivity contribution < 1.29 is 4.79 Å². The first-order valence-electron chi connectivity index (χ1n) is 9.91. The number of fused-ring (bicyclic) bond motifs is 3. The average molecular weight is 376 g/mol. The summed E-state index contributed by atoms with van der Waals surface area (Å²) in [5.41, 5.74) is 5.26. The van der Waals surface area contributed by atoms with Gasteiger partial charge in [-0.05, 0) is 42.3 Å².